The summed E-state index contributed by atoms with van der Waals surface area (Å²) in [5.74, 6) is 2.84. The van der Waals surface area contributed by atoms with Crippen molar-refractivity contribution >= 4 is 17.9 Å². The lowest BCUT2D eigenvalue weighted by atomic mass is 10.2. The fourth-order valence-electron chi connectivity index (χ4n) is 3.33. The molecule has 1 saturated heterocycles. The van der Waals surface area contributed by atoms with E-state index < -0.39 is 0 Å². The van der Waals surface area contributed by atoms with Crippen molar-refractivity contribution < 1.29 is 18.4 Å². The second kappa shape index (κ2) is 6.86. The molecule has 26 heavy (non-hydrogen) atoms. The van der Waals surface area contributed by atoms with Gasteiger partial charge in [0.05, 0.1) is 11.8 Å². The summed E-state index contributed by atoms with van der Waals surface area (Å²) >= 11 is 0. The van der Waals surface area contributed by atoms with Crippen molar-refractivity contribution in [3.63, 3.8) is 0 Å². The first-order valence-corrected chi connectivity index (χ1v) is 9.00. The predicted octanol–water partition coefficient (Wildman–Crippen LogP) is 2.99. The van der Waals surface area contributed by atoms with Crippen LogP contribution in [0.15, 0.2) is 45.6 Å². The Kier molecular flexibility index (Phi) is 4.41. The van der Waals surface area contributed by atoms with E-state index >= 15 is 0 Å². The van der Waals surface area contributed by atoms with Gasteiger partial charge in [0.2, 0.25) is 5.91 Å². The van der Waals surface area contributed by atoms with Gasteiger partial charge in [-0.25, -0.2) is 0 Å². The Morgan fingerprint density at radius 3 is 2.50 bits per heavy atom. The average Bonchev–Trinajstić information content (AvgIpc) is 3.11. The van der Waals surface area contributed by atoms with Crippen LogP contribution in [0.5, 0.6) is 0 Å². The molecule has 2 unspecified atom stereocenters. The van der Waals surface area contributed by atoms with Crippen LogP contribution >= 0.6 is 0 Å². The molecule has 6 heteroatoms. The SMILES string of the molecule is CC1CC1c1ccc(/C=C/C(=O)N2CCN(C(=O)c3ccoc3)CC2)o1. The van der Waals surface area contributed by atoms with E-state index in [1.807, 2.05) is 12.1 Å². The molecule has 1 saturated carbocycles. The van der Waals surface area contributed by atoms with Gasteiger partial charge in [-0.1, -0.05) is 6.92 Å². The second-order valence-electron chi connectivity index (χ2n) is 7.02. The van der Waals surface area contributed by atoms with Crippen molar-refractivity contribution in [1.29, 1.82) is 0 Å². The zero-order valence-corrected chi connectivity index (χ0v) is 14.8. The van der Waals surface area contributed by atoms with Gasteiger partial charge in [-0.15, -0.1) is 0 Å². The van der Waals surface area contributed by atoms with Crippen LogP contribution in [0.4, 0.5) is 0 Å². The molecule has 6 nitrogen and oxygen atoms in total. The number of rotatable bonds is 4. The van der Waals surface area contributed by atoms with Crippen molar-refractivity contribution in [3.8, 4) is 0 Å². The Balaban J connectivity index is 1.29. The minimum Gasteiger partial charge on any atom is -0.472 e. The van der Waals surface area contributed by atoms with Gasteiger partial charge >= 0.3 is 0 Å². The maximum Gasteiger partial charge on any atom is 0.257 e. The molecular formula is C20H22N2O4. The Bertz CT molecular complexity index is 813. The molecule has 1 aliphatic carbocycles. The molecule has 0 spiro atoms. The molecule has 4 rings (SSSR count). The summed E-state index contributed by atoms with van der Waals surface area (Å²) in [5, 5.41) is 0. The molecule has 2 fully saturated rings. The third kappa shape index (κ3) is 3.45. The minimum atomic E-state index is -0.0573. The molecule has 2 aliphatic rings. The van der Waals surface area contributed by atoms with Gasteiger partial charge in [0.15, 0.2) is 0 Å². The van der Waals surface area contributed by atoms with Crippen molar-refractivity contribution in [2.75, 3.05) is 26.2 Å². The highest BCUT2D eigenvalue weighted by molar-refractivity contribution is 5.94. The van der Waals surface area contributed by atoms with Crippen molar-refractivity contribution in [2.45, 2.75) is 19.3 Å². The van der Waals surface area contributed by atoms with Crippen molar-refractivity contribution in [3.05, 3.63) is 53.9 Å². The number of carbonyl (C=O) groups excluding carboxylic acids is 2. The largest absolute Gasteiger partial charge is 0.472 e. The van der Waals surface area contributed by atoms with Crippen LogP contribution in [0.2, 0.25) is 0 Å². The third-order valence-corrected chi connectivity index (χ3v) is 5.16. The summed E-state index contributed by atoms with van der Waals surface area (Å²) in [6, 6.07) is 5.56. The summed E-state index contributed by atoms with van der Waals surface area (Å²) in [6.07, 6.45) is 7.39. The smallest absolute Gasteiger partial charge is 0.257 e. The lowest BCUT2D eigenvalue weighted by molar-refractivity contribution is -0.127. The molecular weight excluding hydrogens is 332 g/mol. The van der Waals surface area contributed by atoms with Crippen LogP contribution in [-0.4, -0.2) is 47.8 Å². The number of piperazine rings is 1. The van der Waals surface area contributed by atoms with E-state index in [1.54, 1.807) is 28.0 Å². The van der Waals surface area contributed by atoms with E-state index in [2.05, 4.69) is 6.92 Å². The number of amides is 2. The minimum absolute atomic E-state index is 0.0567. The first-order chi connectivity index (χ1) is 12.6. The van der Waals surface area contributed by atoms with Crippen LogP contribution < -0.4 is 0 Å². The first kappa shape index (κ1) is 16.7. The predicted molar refractivity (Wildman–Crippen MR) is 95.5 cm³/mol. The topological polar surface area (TPSA) is 66.9 Å². The molecule has 136 valence electrons. The molecule has 0 bridgehead atoms. The summed E-state index contributed by atoms with van der Waals surface area (Å²) in [4.78, 5) is 28.1. The zero-order valence-electron chi connectivity index (χ0n) is 14.8. The third-order valence-electron chi connectivity index (χ3n) is 5.16. The van der Waals surface area contributed by atoms with Gasteiger partial charge in [-0.2, -0.15) is 0 Å². The van der Waals surface area contributed by atoms with Gasteiger partial charge in [0.25, 0.3) is 5.91 Å². The van der Waals surface area contributed by atoms with Gasteiger partial charge in [0.1, 0.15) is 17.8 Å². The van der Waals surface area contributed by atoms with E-state index in [0.717, 1.165) is 5.76 Å². The molecule has 2 amide bonds. The fourth-order valence-corrected chi connectivity index (χ4v) is 3.33. The summed E-state index contributed by atoms with van der Waals surface area (Å²) in [6.45, 7) is 4.30. The first-order valence-electron chi connectivity index (χ1n) is 9.00. The molecule has 3 heterocycles. The molecule has 0 N–H and O–H groups in total. The Labute approximate surface area is 152 Å². The molecule has 2 aromatic rings. The van der Waals surface area contributed by atoms with E-state index in [0.29, 0.717) is 49.3 Å². The number of furan rings is 2. The number of nitrogens with zero attached hydrogens (tertiary/aromatic N) is 2. The number of carbonyl (C=O) groups is 2. The van der Waals surface area contributed by atoms with Crippen LogP contribution in [0, 0.1) is 5.92 Å². The normalized spacial score (nSPS) is 22.8. The Morgan fingerprint density at radius 2 is 1.85 bits per heavy atom. The second-order valence-corrected chi connectivity index (χ2v) is 7.02. The fraction of sp³-hybridized carbons (Fsp3) is 0.400. The molecule has 1 aliphatic heterocycles. The molecule has 0 aromatic carbocycles. The molecule has 2 aromatic heterocycles. The summed E-state index contributed by atoms with van der Waals surface area (Å²) in [5.41, 5.74) is 0.545. The van der Waals surface area contributed by atoms with E-state index in [9.17, 15) is 9.59 Å². The number of hydrogen-bond acceptors (Lipinski definition) is 4. The highest BCUT2D eigenvalue weighted by atomic mass is 16.3. The van der Waals surface area contributed by atoms with Gasteiger partial charge in [0, 0.05) is 38.2 Å². The Hall–Kier alpha value is -2.76. The standard InChI is InChI=1S/C20H22N2O4/c1-14-12-17(14)18-4-2-16(26-18)3-5-19(23)21-7-9-22(10-8-21)20(24)15-6-11-25-13-15/h2-6,11,13-14,17H,7-10,12H2,1H3/b5-3+. The maximum atomic E-state index is 12.4. The quantitative estimate of drug-likeness (QED) is 0.792. The highest BCUT2D eigenvalue weighted by Gasteiger charge is 2.36. The van der Waals surface area contributed by atoms with Crippen LogP contribution in [0.25, 0.3) is 6.08 Å². The van der Waals surface area contributed by atoms with Crippen molar-refractivity contribution in [1.82, 2.24) is 9.80 Å². The van der Waals surface area contributed by atoms with Gasteiger partial charge in [-0.05, 0) is 36.6 Å². The monoisotopic (exact) mass is 354 g/mol. The average molecular weight is 354 g/mol. The molecule has 0 radical (unpaired) electrons. The highest BCUT2D eigenvalue weighted by Crippen LogP contribution is 2.47. The van der Waals surface area contributed by atoms with Crippen molar-refractivity contribution in [2.24, 2.45) is 5.92 Å². The zero-order chi connectivity index (χ0) is 18.1. The lowest BCUT2D eigenvalue weighted by Gasteiger charge is -2.34. The van der Waals surface area contributed by atoms with E-state index in [1.165, 1.54) is 18.9 Å². The van der Waals surface area contributed by atoms with Crippen LogP contribution in [0.3, 0.4) is 0 Å². The number of hydrogen-bond donors (Lipinski definition) is 0. The summed E-state index contributed by atoms with van der Waals surface area (Å²) in [7, 11) is 0. The summed E-state index contributed by atoms with van der Waals surface area (Å²) < 4.78 is 10.7. The van der Waals surface area contributed by atoms with Gasteiger partial charge < -0.3 is 18.6 Å². The van der Waals surface area contributed by atoms with Gasteiger partial charge in [-0.3, -0.25) is 9.59 Å². The Morgan fingerprint density at radius 1 is 1.12 bits per heavy atom. The van der Waals surface area contributed by atoms with Crippen LogP contribution in [-0.2, 0) is 4.79 Å². The maximum absolute atomic E-state index is 12.4. The lowest BCUT2D eigenvalue weighted by Crippen LogP contribution is -2.50. The molecule has 2 atom stereocenters. The van der Waals surface area contributed by atoms with E-state index in [4.69, 9.17) is 8.83 Å². The van der Waals surface area contributed by atoms with Crippen LogP contribution in [0.1, 0.15) is 41.1 Å². The van der Waals surface area contributed by atoms with E-state index in [-0.39, 0.29) is 11.8 Å².